The van der Waals surface area contributed by atoms with Gasteiger partial charge in [0.05, 0.1) is 13.2 Å². The highest BCUT2D eigenvalue weighted by molar-refractivity contribution is 14.1. The van der Waals surface area contributed by atoms with Crippen LogP contribution in [0.5, 0.6) is 0 Å². The number of hydrogen-bond acceptors (Lipinski definition) is 3. The van der Waals surface area contributed by atoms with Crippen LogP contribution in [0.4, 0.5) is 0 Å². The van der Waals surface area contributed by atoms with E-state index in [4.69, 9.17) is 9.47 Å². The molecule has 1 rings (SSSR count). The summed E-state index contributed by atoms with van der Waals surface area (Å²) in [7, 11) is 0. The van der Waals surface area contributed by atoms with Crippen molar-refractivity contribution >= 4 is 21.5 Å². The lowest BCUT2D eigenvalue weighted by Crippen LogP contribution is -2.06. The molecule has 0 aromatic carbocycles. The Morgan fingerprint density at radius 3 is 3.08 bits per heavy atom. The van der Waals surface area contributed by atoms with Crippen molar-refractivity contribution < 1.29 is 12.5 Å². The zero-order valence-electron chi connectivity index (χ0n) is 6.92. The first-order valence-corrected chi connectivity index (χ1v) is 6.07. The molecule has 1 unspecified atom stereocenters. The van der Waals surface area contributed by atoms with Crippen LogP contribution in [0, 0.1) is 0 Å². The van der Waals surface area contributed by atoms with Crippen molar-refractivity contribution in [3.8, 4) is 0 Å². The van der Waals surface area contributed by atoms with Crippen molar-refractivity contribution in [2.75, 3.05) is 26.4 Å². The van der Waals surface area contributed by atoms with Gasteiger partial charge in [-0.2, -0.15) is 0 Å². The Kier molecular flexibility index (Phi) is 6.01. The third-order valence-electron chi connectivity index (χ3n) is 1.57. The fourth-order valence-corrected chi connectivity index (χ4v) is 1.42. The van der Waals surface area contributed by atoms with E-state index in [1.165, 1.54) is 0 Å². The molecule has 0 bridgehead atoms. The first-order valence-electron chi connectivity index (χ1n) is 4.12. The lowest BCUT2D eigenvalue weighted by molar-refractivity contribution is 0.113. The van der Waals surface area contributed by atoms with Crippen LogP contribution in [-0.2, 0) is 12.5 Å². The molecule has 1 fully saturated rings. The molecule has 72 valence electrons. The minimum Gasteiger partial charge on any atom is -0.379 e. The molecule has 0 radical (unpaired) electrons. The Labute approximate surface area is 83.0 Å². The Balaban J connectivity index is 1.67. The van der Waals surface area contributed by atoms with Gasteiger partial charge >= 0.3 is 0 Å². The summed E-state index contributed by atoms with van der Waals surface area (Å²) in [6.07, 6.45) is 2.44. The minimum atomic E-state index is -0.980. The van der Waals surface area contributed by atoms with Crippen LogP contribution in [0.1, 0.15) is 12.8 Å². The maximum atomic E-state index is 10.1. The lowest BCUT2D eigenvalue weighted by Gasteiger charge is -2.00. The monoisotopic (exact) mass is 287 g/mol. The van der Waals surface area contributed by atoms with E-state index in [9.17, 15) is 3.07 Å². The van der Waals surface area contributed by atoms with Gasteiger partial charge in [-0.05, 0) is 12.8 Å². The third-order valence-corrected chi connectivity index (χ3v) is 2.42. The molecule has 1 aliphatic heterocycles. The Morgan fingerprint density at radius 2 is 2.42 bits per heavy atom. The Bertz CT molecular complexity index is 130. The lowest BCUT2D eigenvalue weighted by atomic mass is 10.3. The van der Waals surface area contributed by atoms with Crippen molar-refractivity contribution in [3.63, 3.8) is 0 Å². The van der Waals surface area contributed by atoms with E-state index in [1.54, 1.807) is 0 Å². The predicted molar refractivity (Wildman–Crippen MR) is 52.5 cm³/mol. The summed E-state index contributed by atoms with van der Waals surface area (Å²) in [6.45, 7) is 3.24. The van der Waals surface area contributed by atoms with E-state index in [-0.39, 0.29) is 0 Å². The number of unbranched alkanes of at least 4 members (excludes halogenated alkanes) is 1. The van der Waals surface area contributed by atoms with Gasteiger partial charge in [-0.15, -0.1) is 0 Å². The Morgan fingerprint density at radius 1 is 1.58 bits per heavy atom. The van der Waals surface area contributed by atoms with Crippen LogP contribution >= 0.6 is 21.5 Å². The number of rotatable bonds is 8. The molecule has 12 heavy (non-hydrogen) atoms. The number of nitrogens with one attached hydrogen (secondary N) is 1. The van der Waals surface area contributed by atoms with Crippen molar-refractivity contribution in [2.24, 2.45) is 0 Å². The smallest absolute Gasteiger partial charge is 0.236 e. The molecular formula is C7H14INO3. The van der Waals surface area contributed by atoms with Gasteiger partial charge in [-0.25, -0.2) is 3.53 Å². The fraction of sp³-hybridized carbons (Fsp3) is 1.00. The average molecular weight is 287 g/mol. The average Bonchev–Trinajstić information content (AvgIpc) is 2.87. The standard InChI is InChI=1S/C7H14INO3/c10-8-9-3-1-2-4-11-5-7-6-12-7/h7H,1-6H2,(H,9,10). The van der Waals surface area contributed by atoms with Gasteiger partial charge in [-0.3, -0.25) is 3.07 Å². The van der Waals surface area contributed by atoms with Gasteiger partial charge < -0.3 is 9.47 Å². The first kappa shape index (κ1) is 10.5. The molecule has 0 spiro atoms. The van der Waals surface area contributed by atoms with Gasteiger partial charge in [0.25, 0.3) is 0 Å². The summed E-state index contributed by atoms with van der Waals surface area (Å²) in [6, 6.07) is 0. The SMILES string of the molecule is O=INCCCCOCC1CO1. The fourth-order valence-electron chi connectivity index (χ4n) is 0.814. The summed E-state index contributed by atoms with van der Waals surface area (Å²) >= 11 is -0.980. The highest BCUT2D eigenvalue weighted by Crippen LogP contribution is 2.08. The van der Waals surface area contributed by atoms with E-state index < -0.39 is 21.5 Å². The van der Waals surface area contributed by atoms with Crippen molar-refractivity contribution in [3.05, 3.63) is 0 Å². The first-order chi connectivity index (χ1) is 5.93. The van der Waals surface area contributed by atoms with Crippen LogP contribution in [0.2, 0.25) is 0 Å². The Hall–Kier alpha value is 0.410. The summed E-state index contributed by atoms with van der Waals surface area (Å²) in [5, 5.41) is 0. The van der Waals surface area contributed by atoms with Gasteiger partial charge in [0.1, 0.15) is 6.10 Å². The van der Waals surface area contributed by atoms with E-state index in [1.807, 2.05) is 0 Å². The molecule has 0 amide bonds. The molecule has 1 N–H and O–H groups in total. The largest absolute Gasteiger partial charge is 0.379 e. The maximum Gasteiger partial charge on any atom is 0.236 e. The molecule has 1 heterocycles. The van der Waals surface area contributed by atoms with Gasteiger partial charge in [0, 0.05) is 13.2 Å². The van der Waals surface area contributed by atoms with Crippen LogP contribution in [0.15, 0.2) is 0 Å². The predicted octanol–water partition coefficient (Wildman–Crippen LogP) is 1.00. The summed E-state index contributed by atoms with van der Waals surface area (Å²) in [4.78, 5) is 0. The number of halogens is 1. The molecular weight excluding hydrogens is 273 g/mol. The molecule has 0 aliphatic carbocycles. The summed E-state index contributed by atoms with van der Waals surface area (Å²) in [5.74, 6) is 0. The van der Waals surface area contributed by atoms with E-state index in [0.717, 1.165) is 39.2 Å². The molecule has 0 aromatic rings. The van der Waals surface area contributed by atoms with Gasteiger partial charge in [0.2, 0.25) is 21.5 Å². The van der Waals surface area contributed by atoms with E-state index in [2.05, 4.69) is 3.53 Å². The molecule has 1 atom stereocenters. The summed E-state index contributed by atoms with van der Waals surface area (Å²) < 4.78 is 23.2. The minimum absolute atomic E-state index is 0.371. The zero-order chi connectivity index (χ0) is 8.65. The highest BCUT2D eigenvalue weighted by Gasteiger charge is 2.21. The third kappa shape index (κ3) is 5.99. The van der Waals surface area contributed by atoms with Crippen LogP contribution < -0.4 is 3.53 Å². The molecule has 0 aromatic heterocycles. The highest BCUT2D eigenvalue weighted by atomic mass is 127. The second-order valence-corrected chi connectivity index (χ2v) is 3.90. The van der Waals surface area contributed by atoms with Crippen LogP contribution in [0.3, 0.4) is 0 Å². The summed E-state index contributed by atoms with van der Waals surface area (Å²) in [5.41, 5.74) is 0. The molecule has 5 heteroatoms. The van der Waals surface area contributed by atoms with Crippen molar-refractivity contribution in [1.82, 2.24) is 3.53 Å². The molecule has 0 saturated carbocycles. The molecule has 1 aliphatic rings. The quantitative estimate of drug-likeness (QED) is 0.313. The van der Waals surface area contributed by atoms with Gasteiger partial charge in [0.15, 0.2) is 0 Å². The number of hydrogen-bond donors (Lipinski definition) is 1. The normalized spacial score (nSPS) is 21.2. The second-order valence-electron chi connectivity index (χ2n) is 2.70. The van der Waals surface area contributed by atoms with E-state index >= 15 is 0 Å². The van der Waals surface area contributed by atoms with Crippen LogP contribution in [0.25, 0.3) is 0 Å². The zero-order valence-corrected chi connectivity index (χ0v) is 9.08. The maximum absolute atomic E-state index is 10.1. The van der Waals surface area contributed by atoms with Crippen molar-refractivity contribution in [1.29, 1.82) is 0 Å². The van der Waals surface area contributed by atoms with E-state index in [0.29, 0.717) is 6.10 Å². The number of epoxide rings is 1. The second kappa shape index (κ2) is 6.88. The topological polar surface area (TPSA) is 50.9 Å². The van der Waals surface area contributed by atoms with Gasteiger partial charge in [-0.1, -0.05) is 0 Å². The molecule has 1 saturated heterocycles. The number of ether oxygens (including phenoxy) is 2. The van der Waals surface area contributed by atoms with Crippen molar-refractivity contribution in [2.45, 2.75) is 18.9 Å². The van der Waals surface area contributed by atoms with Crippen LogP contribution in [-0.4, -0.2) is 32.5 Å². The molecule has 4 nitrogen and oxygen atoms in total.